The average Bonchev–Trinajstić information content (AvgIpc) is 3.41. The van der Waals surface area contributed by atoms with Gasteiger partial charge in [0.25, 0.3) is 11.8 Å². The molecule has 0 spiro atoms. The van der Waals surface area contributed by atoms with Gasteiger partial charge in [-0.05, 0) is 18.9 Å². The lowest BCUT2D eigenvalue weighted by Gasteiger charge is -2.16. The molecule has 24 heavy (non-hydrogen) atoms. The third-order valence-electron chi connectivity index (χ3n) is 3.57. The van der Waals surface area contributed by atoms with Gasteiger partial charge in [0.2, 0.25) is 0 Å². The zero-order chi connectivity index (χ0) is 17.1. The first-order chi connectivity index (χ1) is 11.6. The van der Waals surface area contributed by atoms with Crippen molar-refractivity contribution in [2.24, 2.45) is 0 Å². The van der Waals surface area contributed by atoms with Crippen molar-refractivity contribution in [3.63, 3.8) is 0 Å². The Kier molecular flexibility index (Phi) is 5.20. The number of nitrogens with one attached hydrogen (secondary N) is 2. The van der Waals surface area contributed by atoms with Crippen molar-refractivity contribution in [3.05, 3.63) is 33.9 Å². The van der Waals surface area contributed by atoms with Crippen LogP contribution in [-0.2, 0) is 9.53 Å². The lowest BCUT2D eigenvalue weighted by Crippen LogP contribution is -2.26. The molecule has 0 aromatic heterocycles. The Morgan fingerprint density at radius 2 is 2.12 bits per heavy atom. The van der Waals surface area contributed by atoms with Gasteiger partial charge < -0.3 is 20.1 Å². The van der Waals surface area contributed by atoms with E-state index in [9.17, 15) is 9.59 Å². The molecule has 3 rings (SSSR count). The summed E-state index contributed by atoms with van der Waals surface area (Å²) in [4.78, 5) is 24.4. The molecule has 1 aromatic carbocycles. The van der Waals surface area contributed by atoms with Crippen molar-refractivity contribution in [1.82, 2.24) is 5.32 Å². The van der Waals surface area contributed by atoms with Gasteiger partial charge in [0, 0.05) is 23.3 Å². The lowest BCUT2D eigenvalue weighted by molar-refractivity contribution is -0.116. The summed E-state index contributed by atoms with van der Waals surface area (Å²) in [6.45, 7) is 0.487. The predicted octanol–water partition coefficient (Wildman–Crippen LogP) is 2.78. The maximum atomic E-state index is 12.2. The molecule has 128 valence electrons. The smallest absolute Gasteiger partial charge is 0.291 e. The number of ether oxygens (including phenoxy) is 2. The molecule has 0 bridgehead atoms. The Hall–Kier alpha value is -1.86. The average molecular weight is 369 g/mol. The second-order valence-corrected chi connectivity index (χ2v) is 6.82. The second-order valence-electron chi connectivity index (χ2n) is 5.44. The van der Waals surface area contributed by atoms with Crippen LogP contribution in [0.5, 0.6) is 5.75 Å². The van der Waals surface area contributed by atoms with Gasteiger partial charge in [-0.3, -0.25) is 9.59 Å². The number of benzene rings is 1. The normalized spacial score (nSPS) is 16.7. The fourth-order valence-corrected chi connectivity index (χ4v) is 2.99. The predicted molar refractivity (Wildman–Crippen MR) is 93.6 cm³/mol. The van der Waals surface area contributed by atoms with Crippen molar-refractivity contribution >= 4 is 40.9 Å². The fraction of sp³-hybridized carbons (Fsp3) is 0.375. The van der Waals surface area contributed by atoms with Gasteiger partial charge in [0.05, 0.1) is 30.0 Å². The van der Waals surface area contributed by atoms with Gasteiger partial charge in [-0.2, -0.15) is 0 Å². The molecule has 8 heteroatoms. The van der Waals surface area contributed by atoms with E-state index < -0.39 is 0 Å². The zero-order valence-corrected chi connectivity index (χ0v) is 14.6. The number of carbonyl (C=O) groups is 2. The standard InChI is InChI=1S/C16H17ClN2O4S/c1-22-13-7-12(19-16(21)14-8-24-5-4-23-14)11(17)6-10(13)15(20)18-9-2-3-9/h6-9H,2-5H2,1H3,(H,18,20)(H,19,21). The molecular weight excluding hydrogens is 352 g/mol. The van der Waals surface area contributed by atoms with E-state index in [2.05, 4.69) is 10.6 Å². The van der Waals surface area contributed by atoms with E-state index in [-0.39, 0.29) is 28.6 Å². The topological polar surface area (TPSA) is 76.7 Å². The van der Waals surface area contributed by atoms with Crippen molar-refractivity contribution in [2.45, 2.75) is 18.9 Å². The number of methoxy groups -OCH3 is 1. The molecule has 0 saturated heterocycles. The summed E-state index contributed by atoms with van der Waals surface area (Å²) in [5.41, 5.74) is 0.706. The van der Waals surface area contributed by atoms with Crippen LogP contribution in [0.3, 0.4) is 0 Å². The molecule has 2 amide bonds. The van der Waals surface area contributed by atoms with E-state index >= 15 is 0 Å². The molecule has 1 fully saturated rings. The molecule has 2 aliphatic rings. The van der Waals surface area contributed by atoms with Gasteiger partial charge in [-0.1, -0.05) is 11.6 Å². The molecule has 2 N–H and O–H groups in total. The highest BCUT2D eigenvalue weighted by Gasteiger charge is 2.26. The Bertz CT molecular complexity index is 704. The Morgan fingerprint density at radius 1 is 1.33 bits per heavy atom. The first-order valence-electron chi connectivity index (χ1n) is 7.53. The van der Waals surface area contributed by atoms with Crippen LogP contribution in [0.4, 0.5) is 5.69 Å². The third kappa shape index (κ3) is 3.96. The van der Waals surface area contributed by atoms with Crippen LogP contribution in [0.15, 0.2) is 23.3 Å². The van der Waals surface area contributed by atoms with Gasteiger partial charge in [-0.15, -0.1) is 11.8 Å². The summed E-state index contributed by atoms with van der Waals surface area (Å²) in [5.74, 6) is 0.790. The maximum absolute atomic E-state index is 12.2. The molecular formula is C16H17ClN2O4S. The fourth-order valence-electron chi connectivity index (χ4n) is 2.16. The van der Waals surface area contributed by atoms with Crippen molar-refractivity contribution in [2.75, 3.05) is 24.8 Å². The number of rotatable bonds is 5. The summed E-state index contributed by atoms with van der Waals surface area (Å²) < 4.78 is 10.6. The van der Waals surface area contributed by atoms with E-state index in [0.717, 1.165) is 18.6 Å². The highest BCUT2D eigenvalue weighted by Crippen LogP contribution is 2.32. The van der Waals surface area contributed by atoms with Gasteiger partial charge in [0.1, 0.15) is 5.75 Å². The van der Waals surface area contributed by atoms with Crippen LogP contribution in [-0.4, -0.2) is 37.3 Å². The number of halogens is 1. The molecule has 0 unspecified atom stereocenters. The minimum absolute atomic E-state index is 0.230. The minimum Gasteiger partial charge on any atom is -0.496 e. The number of hydrogen-bond donors (Lipinski definition) is 2. The van der Waals surface area contributed by atoms with Crippen molar-refractivity contribution in [3.8, 4) is 5.75 Å². The Balaban J connectivity index is 1.79. The summed E-state index contributed by atoms with van der Waals surface area (Å²) in [6.07, 6.45) is 1.98. The van der Waals surface area contributed by atoms with Crippen LogP contribution < -0.4 is 15.4 Å². The molecule has 1 heterocycles. The molecule has 0 atom stereocenters. The van der Waals surface area contributed by atoms with Crippen LogP contribution >= 0.6 is 23.4 Å². The van der Waals surface area contributed by atoms with E-state index in [0.29, 0.717) is 23.6 Å². The quantitative estimate of drug-likeness (QED) is 0.835. The monoisotopic (exact) mass is 368 g/mol. The van der Waals surface area contributed by atoms with Crippen LogP contribution in [0, 0.1) is 0 Å². The molecule has 1 aliphatic carbocycles. The van der Waals surface area contributed by atoms with Crippen LogP contribution in [0.2, 0.25) is 5.02 Å². The second kappa shape index (κ2) is 7.36. The van der Waals surface area contributed by atoms with Gasteiger partial charge >= 0.3 is 0 Å². The SMILES string of the molecule is COc1cc(NC(=O)C2=CSCCO2)c(Cl)cc1C(=O)NC1CC1. The number of anilines is 1. The number of hydrogen-bond acceptors (Lipinski definition) is 5. The molecule has 1 saturated carbocycles. The zero-order valence-electron chi connectivity index (χ0n) is 13.1. The van der Waals surface area contributed by atoms with E-state index in [1.54, 1.807) is 11.5 Å². The number of carbonyl (C=O) groups excluding carboxylic acids is 2. The number of thioether (sulfide) groups is 1. The Morgan fingerprint density at radius 3 is 2.75 bits per heavy atom. The van der Waals surface area contributed by atoms with Crippen molar-refractivity contribution in [1.29, 1.82) is 0 Å². The number of amides is 2. The first kappa shape index (κ1) is 17.0. The lowest BCUT2D eigenvalue weighted by atomic mass is 10.1. The molecule has 6 nitrogen and oxygen atoms in total. The molecule has 1 aromatic rings. The van der Waals surface area contributed by atoms with E-state index in [1.165, 1.54) is 24.9 Å². The van der Waals surface area contributed by atoms with Crippen molar-refractivity contribution < 1.29 is 19.1 Å². The van der Waals surface area contributed by atoms with Gasteiger partial charge in [0.15, 0.2) is 5.76 Å². The minimum atomic E-state index is -0.388. The summed E-state index contributed by atoms with van der Waals surface area (Å²) >= 11 is 7.74. The molecule has 1 aliphatic heterocycles. The summed E-state index contributed by atoms with van der Waals surface area (Å²) in [5, 5.41) is 7.50. The van der Waals surface area contributed by atoms with E-state index in [4.69, 9.17) is 21.1 Å². The Labute approximate surface area is 148 Å². The van der Waals surface area contributed by atoms with Crippen LogP contribution in [0.25, 0.3) is 0 Å². The molecule has 0 radical (unpaired) electrons. The van der Waals surface area contributed by atoms with Crippen LogP contribution in [0.1, 0.15) is 23.2 Å². The summed E-state index contributed by atoms with van der Waals surface area (Å²) in [6, 6.07) is 3.27. The first-order valence-corrected chi connectivity index (χ1v) is 8.95. The van der Waals surface area contributed by atoms with E-state index in [1.807, 2.05) is 0 Å². The maximum Gasteiger partial charge on any atom is 0.291 e. The largest absolute Gasteiger partial charge is 0.496 e. The summed E-state index contributed by atoms with van der Waals surface area (Å²) in [7, 11) is 1.46. The highest BCUT2D eigenvalue weighted by atomic mass is 35.5. The van der Waals surface area contributed by atoms with Gasteiger partial charge in [-0.25, -0.2) is 0 Å². The highest BCUT2D eigenvalue weighted by molar-refractivity contribution is 8.02. The third-order valence-corrected chi connectivity index (χ3v) is 4.66.